The van der Waals surface area contributed by atoms with Crippen molar-refractivity contribution < 1.29 is 8.42 Å². The van der Waals surface area contributed by atoms with Crippen molar-refractivity contribution in [2.75, 3.05) is 0 Å². The lowest BCUT2D eigenvalue weighted by Crippen LogP contribution is -2.04. The second-order valence-corrected chi connectivity index (χ2v) is 4.11. The van der Waals surface area contributed by atoms with Gasteiger partial charge in [-0.15, -0.1) is 0 Å². The minimum Gasteiger partial charge on any atom is -0.212 e. The monoisotopic (exact) mass is 222 g/mol. The van der Waals surface area contributed by atoms with Crippen LogP contribution in [0.2, 0.25) is 0 Å². The number of hydrogen-bond acceptors (Lipinski definition) is 2. The molecule has 0 radical (unpaired) electrons. The molecule has 0 fully saturated rings. The van der Waals surface area contributed by atoms with E-state index < -0.39 is 0 Å². The molecule has 0 unspecified atom stereocenters. The molecule has 0 saturated carbocycles. The summed E-state index contributed by atoms with van der Waals surface area (Å²) in [6.07, 6.45) is 10.9. The first kappa shape index (κ1) is 9.30. The predicted molar refractivity (Wildman–Crippen MR) is 60.7 cm³/mol. The summed E-state index contributed by atoms with van der Waals surface area (Å²) in [6.45, 7) is 0. The molecule has 4 heteroatoms. The van der Waals surface area contributed by atoms with Crippen LogP contribution in [0.25, 0.3) is 0 Å². The Labute approximate surface area is 88.5 Å². The van der Waals surface area contributed by atoms with E-state index in [0.29, 0.717) is 32.2 Å². The topological polar surface area (TPSA) is 34.1 Å². The van der Waals surface area contributed by atoms with Gasteiger partial charge in [0.05, 0.1) is 32.2 Å². The van der Waals surface area contributed by atoms with Gasteiger partial charge in [-0.05, 0) is 35.5 Å². The van der Waals surface area contributed by atoms with Crippen LogP contribution in [0.15, 0.2) is 47.6 Å². The number of allylic oxidation sites excluding steroid dienone is 8. The van der Waals surface area contributed by atoms with Crippen molar-refractivity contribution in [3.63, 3.8) is 0 Å². The average Bonchev–Trinajstić information content (AvgIpc) is 2.27. The zero-order chi connectivity index (χ0) is 9.97. The standard InChI is InChI=1S/C10H6O2S2/c11-13-9-3-1-7-5-10(14-12)4-2-8(7)6-9/h1-6H. The summed E-state index contributed by atoms with van der Waals surface area (Å²) in [7, 11) is 0. The van der Waals surface area contributed by atoms with Gasteiger partial charge in [-0.2, -0.15) is 0 Å². The minimum absolute atomic E-state index is 0.477. The second kappa shape index (κ2) is 3.86. The van der Waals surface area contributed by atoms with Crippen LogP contribution in [0.3, 0.4) is 0 Å². The summed E-state index contributed by atoms with van der Waals surface area (Å²) in [4.78, 5) is 1.39. The van der Waals surface area contributed by atoms with Crippen LogP contribution in [0, 0.1) is 0 Å². The van der Waals surface area contributed by atoms with E-state index in [9.17, 15) is 8.42 Å². The quantitative estimate of drug-likeness (QED) is 0.567. The van der Waals surface area contributed by atoms with Crippen molar-refractivity contribution in [1.29, 1.82) is 0 Å². The van der Waals surface area contributed by atoms with Crippen LogP contribution in [0.4, 0.5) is 0 Å². The fourth-order valence-electron chi connectivity index (χ4n) is 1.31. The zero-order valence-corrected chi connectivity index (χ0v) is 8.73. The molecule has 0 amide bonds. The Kier molecular flexibility index (Phi) is 2.56. The summed E-state index contributed by atoms with van der Waals surface area (Å²) in [6, 6.07) is 0. The van der Waals surface area contributed by atoms with Crippen molar-refractivity contribution in [3.8, 4) is 0 Å². The molecule has 0 saturated heterocycles. The Morgan fingerprint density at radius 1 is 0.714 bits per heavy atom. The molecule has 0 atom stereocenters. The molecule has 0 aromatic heterocycles. The third-order valence-corrected chi connectivity index (χ3v) is 2.87. The molecule has 0 N–H and O–H groups in total. The summed E-state index contributed by atoms with van der Waals surface area (Å²) in [5.41, 5.74) is 1.98. The third-order valence-electron chi connectivity index (χ3n) is 1.98. The molecule has 2 rings (SSSR count). The van der Waals surface area contributed by atoms with Crippen LogP contribution in [-0.4, -0.2) is 18.1 Å². The first-order chi connectivity index (χ1) is 6.83. The van der Waals surface area contributed by atoms with Gasteiger partial charge in [-0.1, -0.05) is 12.2 Å². The van der Waals surface area contributed by atoms with Crippen LogP contribution < -0.4 is 0 Å². The van der Waals surface area contributed by atoms with Gasteiger partial charge in [-0.3, -0.25) is 0 Å². The van der Waals surface area contributed by atoms with Crippen molar-refractivity contribution in [1.82, 2.24) is 0 Å². The number of fused-ring (bicyclic) bond motifs is 1. The van der Waals surface area contributed by atoms with E-state index in [1.807, 2.05) is 24.3 Å². The molecule has 2 nitrogen and oxygen atoms in total. The Hall–Kier alpha value is -1.26. The molecule has 0 aliphatic heterocycles. The van der Waals surface area contributed by atoms with Gasteiger partial charge < -0.3 is 0 Å². The number of hydrogen-bond donors (Lipinski definition) is 0. The Balaban J connectivity index is 2.51. The van der Waals surface area contributed by atoms with Crippen molar-refractivity contribution >= 4 is 32.2 Å². The minimum atomic E-state index is 0.477. The maximum atomic E-state index is 10.6. The highest BCUT2D eigenvalue weighted by Crippen LogP contribution is 2.21. The zero-order valence-electron chi connectivity index (χ0n) is 7.10. The fourth-order valence-corrected chi connectivity index (χ4v) is 1.90. The highest BCUT2D eigenvalue weighted by Gasteiger charge is 2.10. The Bertz CT molecular complexity index is 460. The first-order valence-electron chi connectivity index (χ1n) is 3.97. The first-order valence-corrected chi connectivity index (χ1v) is 5.45. The lowest BCUT2D eigenvalue weighted by Gasteiger charge is -2.11. The molecule has 0 aromatic rings. The van der Waals surface area contributed by atoms with Gasteiger partial charge in [0, 0.05) is 0 Å². The number of rotatable bonds is 0. The molecule has 2 aliphatic carbocycles. The molecular formula is C10H6O2S2. The van der Waals surface area contributed by atoms with Crippen LogP contribution in [0.5, 0.6) is 0 Å². The maximum absolute atomic E-state index is 10.6. The lowest BCUT2D eigenvalue weighted by atomic mass is 9.95. The highest BCUT2D eigenvalue weighted by atomic mass is 32.1. The summed E-state index contributed by atoms with van der Waals surface area (Å²) < 4.78 is 21.1. The normalized spacial score (nSPS) is 18.6. The van der Waals surface area contributed by atoms with E-state index in [-0.39, 0.29) is 0 Å². The van der Waals surface area contributed by atoms with Crippen LogP contribution in [0.1, 0.15) is 0 Å². The van der Waals surface area contributed by atoms with Gasteiger partial charge >= 0.3 is 0 Å². The molecule has 70 valence electrons. The van der Waals surface area contributed by atoms with Gasteiger partial charge in [0.1, 0.15) is 0 Å². The maximum Gasteiger partial charge on any atom is 0.0965 e. The summed E-state index contributed by atoms with van der Waals surface area (Å²) >= 11 is 0.953. The van der Waals surface area contributed by atoms with E-state index in [2.05, 4.69) is 0 Å². The molecule has 2 aliphatic rings. The fraction of sp³-hybridized carbons (Fsp3) is 0. The molecule has 0 spiro atoms. The van der Waals surface area contributed by atoms with Gasteiger partial charge in [0.25, 0.3) is 0 Å². The summed E-state index contributed by atoms with van der Waals surface area (Å²) in [5, 5.41) is 0. The Morgan fingerprint density at radius 3 is 1.50 bits per heavy atom. The van der Waals surface area contributed by atoms with Crippen molar-refractivity contribution in [2.24, 2.45) is 0 Å². The largest absolute Gasteiger partial charge is 0.212 e. The molecule has 0 bridgehead atoms. The van der Waals surface area contributed by atoms with Gasteiger partial charge in [0.15, 0.2) is 0 Å². The SMILES string of the molecule is O=S=C1C=CC2=CC(=S=O)C=CC2=C1. The van der Waals surface area contributed by atoms with Gasteiger partial charge in [-0.25, -0.2) is 8.42 Å². The molecule has 14 heavy (non-hydrogen) atoms. The van der Waals surface area contributed by atoms with E-state index in [1.54, 1.807) is 12.2 Å². The molecule has 0 heterocycles. The van der Waals surface area contributed by atoms with E-state index >= 15 is 0 Å². The predicted octanol–water partition coefficient (Wildman–Crippen LogP) is 0.750. The van der Waals surface area contributed by atoms with Gasteiger partial charge in [0.2, 0.25) is 0 Å². The second-order valence-electron chi connectivity index (χ2n) is 2.84. The molecule has 0 aromatic carbocycles. The van der Waals surface area contributed by atoms with E-state index in [0.717, 1.165) is 11.1 Å². The third kappa shape index (κ3) is 1.66. The Morgan fingerprint density at radius 2 is 1.14 bits per heavy atom. The highest BCUT2D eigenvalue weighted by molar-refractivity contribution is 7.67. The van der Waals surface area contributed by atoms with Crippen molar-refractivity contribution in [2.45, 2.75) is 0 Å². The molecular weight excluding hydrogens is 216 g/mol. The average molecular weight is 222 g/mol. The summed E-state index contributed by atoms with van der Waals surface area (Å²) in [5.74, 6) is 0. The van der Waals surface area contributed by atoms with E-state index in [4.69, 9.17) is 0 Å². The lowest BCUT2D eigenvalue weighted by molar-refractivity contribution is 0.700. The van der Waals surface area contributed by atoms with E-state index in [1.165, 1.54) is 0 Å². The van der Waals surface area contributed by atoms with Crippen LogP contribution >= 0.6 is 0 Å². The smallest absolute Gasteiger partial charge is 0.0965 e. The van der Waals surface area contributed by atoms with Crippen LogP contribution in [-0.2, 0) is 22.5 Å². The van der Waals surface area contributed by atoms with Crippen molar-refractivity contribution in [3.05, 3.63) is 47.6 Å².